The first kappa shape index (κ1) is 21.4. The minimum atomic E-state index is -0.408. The van der Waals surface area contributed by atoms with Gasteiger partial charge in [-0.25, -0.2) is 4.79 Å². The lowest BCUT2D eigenvalue weighted by Gasteiger charge is -2.17. The number of ether oxygens (including phenoxy) is 1. The van der Waals surface area contributed by atoms with Crippen molar-refractivity contribution in [3.8, 4) is 0 Å². The number of benzene rings is 2. The van der Waals surface area contributed by atoms with E-state index >= 15 is 0 Å². The van der Waals surface area contributed by atoms with Crippen LogP contribution in [0.15, 0.2) is 54.6 Å². The Bertz CT molecular complexity index is 1180. The summed E-state index contributed by atoms with van der Waals surface area (Å²) in [6.45, 7) is 7.47. The largest absolute Gasteiger partial charge is 0.447 e. The van der Waals surface area contributed by atoms with Crippen LogP contribution in [0.2, 0.25) is 0 Å². The standard InChI is InChI=1S/C25H26N4O3/c1-17-8-10-20(11-9-17)16-29-19(3)21(18(2)27-29)12-13-24(30)26-22-6-4-5-7-23(22)28-14-15-32-25(28)31/h4-13H,14-16H2,1-3H3,(H,26,30)/b13-12+. The Morgan fingerprint density at radius 1 is 1.12 bits per heavy atom. The SMILES string of the molecule is Cc1ccc(Cn2nc(C)c(/C=C/C(=O)Nc3ccccc3N3CCOC3=O)c2C)cc1. The minimum Gasteiger partial charge on any atom is -0.447 e. The van der Waals surface area contributed by atoms with Crippen molar-refractivity contribution in [2.45, 2.75) is 27.3 Å². The molecular formula is C25H26N4O3. The maximum absolute atomic E-state index is 12.6. The van der Waals surface area contributed by atoms with Crippen molar-refractivity contribution in [2.24, 2.45) is 0 Å². The Morgan fingerprint density at radius 2 is 1.88 bits per heavy atom. The number of amides is 2. The second-order valence-electron chi connectivity index (χ2n) is 7.83. The maximum atomic E-state index is 12.6. The highest BCUT2D eigenvalue weighted by molar-refractivity contribution is 6.05. The number of nitrogens with one attached hydrogen (secondary N) is 1. The summed E-state index contributed by atoms with van der Waals surface area (Å²) in [5.74, 6) is -0.282. The summed E-state index contributed by atoms with van der Waals surface area (Å²) >= 11 is 0. The Balaban J connectivity index is 1.48. The topological polar surface area (TPSA) is 76.5 Å². The number of aromatic nitrogens is 2. The molecule has 0 atom stereocenters. The molecule has 4 rings (SSSR count). The first-order valence-electron chi connectivity index (χ1n) is 10.5. The molecule has 1 N–H and O–H groups in total. The van der Waals surface area contributed by atoms with Gasteiger partial charge in [-0.3, -0.25) is 14.4 Å². The van der Waals surface area contributed by atoms with Gasteiger partial charge in [0.25, 0.3) is 0 Å². The van der Waals surface area contributed by atoms with Crippen LogP contribution in [-0.4, -0.2) is 34.9 Å². The summed E-state index contributed by atoms with van der Waals surface area (Å²) in [5.41, 5.74) is 6.35. The van der Waals surface area contributed by atoms with Crippen LogP contribution >= 0.6 is 0 Å². The van der Waals surface area contributed by atoms with Crippen LogP contribution < -0.4 is 10.2 Å². The van der Waals surface area contributed by atoms with Crippen LogP contribution in [0, 0.1) is 20.8 Å². The average Bonchev–Trinajstić information content (AvgIpc) is 3.31. The van der Waals surface area contributed by atoms with Crippen molar-refractivity contribution in [3.63, 3.8) is 0 Å². The summed E-state index contributed by atoms with van der Waals surface area (Å²) in [4.78, 5) is 26.1. The number of anilines is 2. The molecule has 3 aromatic rings. The van der Waals surface area contributed by atoms with E-state index in [-0.39, 0.29) is 5.91 Å². The summed E-state index contributed by atoms with van der Waals surface area (Å²) in [6, 6.07) is 15.6. The lowest BCUT2D eigenvalue weighted by atomic mass is 10.1. The predicted molar refractivity (Wildman–Crippen MR) is 125 cm³/mol. The lowest BCUT2D eigenvalue weighted by Crippen LogP contribution is -2.25. The van der Waals surface area contributed by atoms with E-state index in [0.29, 0.717) is 31.1 Å². The molecule has 2 heterocycles. The van der Waals surface area contributed by atoms with E-state index in [2.05, 4.69) is 41.6 Å². The van der Waals surface area contributed by atoms with Gasteiger partial charge < -0.3 is 10.1 Å². The molecule has 0 spiro atoms. The Kier molecular flexibility index (Phi) is 6.07. The fourth-order valence-corrected chi connectivity index (χ4v) is 3.73. The van der Waals surface area contributed by atoms with Gasteiger partial charge in [-0.15, -0.1) is 0 Å². The van der Waals surface area contributed by atoms with Crippen LogP contribution in [0.3, 0.4) is 0 Å². The van der Waals surface area contributed by atoms with Crippen LogP contribution in [0.25, 0.3) is 6.08 Å². The van der Waals surface area contributed by atoms with E-state index in [9.17, 15) is 9.59 Å². The number of carbonyl (C=O) groups excluding carboxylic acids is 2. The second-order valence-corrected chi connectivity index (χ2v) is 7.83. The van der Waals surface area contributed by atoms with Crippen molar-refractivity contribution >= 4 is 29.5 Å². The molecule has 1 aliphatic heterocycles. The van der Waals surface area contributed by atoms with Gasteiger partial charge in [-0.2, -0.15) is 5.10 Å². The van der Waals surface area contributed by atoms with E-state index in [1.54, 1.807) is 18.2 Å². The molecule has 1 aliphatic rings. The molecule has 0 aliphatic carbocycles. The third-order valence-electron chi connectivity index (χ3n) is 5.51. The minimum absolute atomic E-state index is 0.282. The van der Waals surface area contributed by atoms with Gasteiger partial charge in [0.2, 0.25) is 5.91 Å². The summed E-state index contributed by atoms with van der Waals surface area (Å²) < 4.78 is 6.96. The third kappa shape index (κ3) is 4.56. The molecular weight excluding hydrogens is 404 g/mol. The molecule has 164 valence electrons. The van der Waals surface area contributed by atoms with Gasteiger partial charge in [-0.1, -0.05) is 42.0 Å². The van der Waals surface area contributed by atoms with Crippen LogP contribution in [0.5, 0.6) is 0 Å². The van der Waals surface area contributed by atoms with Crippen LogP contribution in [0.1, 0.15) is 28.1 Å². The smallest absolute Gasteiger partial charge is 0.414 e. The Morgan fingerprint density at radius 3 is 2.59 bits per heavy atom. The molecule has 0 radical (unpaired) electrons. The molecule has 0 bridgehead atoms. The zero-order valence-electron chi connectivity index (χ0n) is 18.5. The molecule has 2 aromatic carbocycles. The van der Waals surface area contributed by atoms with Crippen molar-refractivity contribution in [3.05, 3.63) is 82.7 Å². The van der Waals surface area contributed by atoms with E-state index in [1.807, 2.05) is 30.7 Å². The first-order chi connectivity index (χ1) is 15.4. The van der Waals surface area contributed by atoms with Gasteiger partial charge in [0.1, 0.15) is 6.61 Å². The highest BCUT2D eigenvalue weighted by atomic mass is 16.6. The number of rotatable bonds is 6. The number of cyclic esters (lactones) is 1. The van der Waals surface area contributed by atoms with Gasteiger partial charge >= 0.3 is 6.09 Å². The highest BCUT2D eigenvalue weighted by Crippen LogP contribution is 2.28. The lowest BCUT2D eigenvalue weighted by molar-refractivity contribution is -0.111. The third-order valence-corrected chi connectivity index (χ3v) is 5.51. The monoisotopic (exact) mass is 430 g/mol. The van der Waals surface area contributed by atoms with E-state index in [1.165, 1.54) is 22.1 Å². The normalized spacial score (nSPS) is 13.6. The predicted octanol–water partition coefficient (Wildman–Crippen LogP) is 4.47. The molecule has 2 amide bonds. The van der Waals surface area contributed by atoms with E-state index < -0.39 is 6.09 Å². The molecule has 0 unspecified atom stereocenters. The summed E-state index contributed by atoms with van der Waals surface area (Å²) in [7, 11) is 0. The zero-order chi connectivity index (χ0) is 22.7. The van der Waals surface area contributed by atoms with Crippen LogP contribution in [0.4, 0.5) is 16.2 Å². The molecule has 1 fully saturated rings. The van der Waals surface area contributed by atoms with E-state index in [0.717, 1.165) is 17.0 Å². The first-order valence-corrected chi connectivity index (χ1v) is 10.5. The van der Waals surface area contributed by atoms with Crippen molar-refractivity contribution in [1.29, 1.82) is 0 Å². The Hall–Kier alpha value is -3.87. The fraction of sp³-hybridized carbons (Fsp3) is 0.240. The molecule has 32 heavy (non-hydrogen) atoms. The number of nitrogens with zero attached hydrogens (tertiary/aromatic N) is 3. The Labute approximate surface area is 187 Å². The average molecular weight is 431 g/mol. The van der Waals surface area contributed by atoms with Crippen molar-refractivity contribution < 1.29 is 14.3 Å². The number of para-hydroxylation sites is 2. The van der Waals surface area contributed by atoms with Crippen molar-refractivity contribution in [2.75, 3.05) is 23.4 Å². The molecule has 1 saturated heterocycles. The van der Waals surface area contributed by atoms with Gasteiger partial charge in [-0.05, 0) is 44.5 Å². The number of hydrogen-bond donors (Lipinski definition) is 1. The van der Waals surface area contributed by atoms with Crippen molar-refractivity contribution in [1.82, 2.24) is 9.78 Å². The van der Waals surface area contributed by atoms with Crippen LogP contribution in [-0.2, 0) is 16.1 Å². The highest BCUT2D eigenvalue weighted by Gasteiger charge is 2.25. The number of carbonyl (C=O) groups is 2. The van der Waals surface area contributed by atoms with Gasteiger partial charge in [0, 0.05) is 17.3 Å². The molecule has 7 heteroatoms. The zero-order valence-corrected chi connectivity index (χ0v) is 18.5. The van der Waals surface area contributed by atoms with Gasteiger partial charge in [0.05, 0.1) is 30.2 Å². The fourth-order valence-electron chi connectivity index (χ4n) is 3.73. The van der Waals surface area contributed by atoms with E-state index in [4.69, 9.17) is 4.74 Å². The maximum Gasteiger partial charge on any atom is 0.414 e. The number of hydrogen-bond acceptors (Lipinski definition) is 4. The quantitative estimate of drug-likeness (QED) is 0.586. The summed E-state index contributed by atoms with van der Waals surface area (Å²) in [5, 5.41) is 7.51. The van der Waals surface area contributed by atoms with Gasteiger partial charge in [0.15, 0.2) is 0 Å². The summed E-state index contributed by atoms with van der Waals surface area (Å²) in [6.07, 6.45) is 2.87. The molecule has 0 saturated carbocycles. The molecule has 1 aromatic heterocycles. The second kappa shape index (κ2) is 9.09. The molecule has 7 nitrogen and oxygen atoms in total. The number of aryl methyl sites for hydroxylation is 2.